The molecule has 0 saturated heterocycles. The van der Waals surface area contributed by atoms with Gasteiger partial charge in [-0.05, 0) is 12.1 Å². The van der Waals surface area contributed by atoms with Crippen molar-refractivity contribution in [2.75, 3.05) is 0 Å². The maximum Gasteiger partial charge on any atom is 0.356 e. The third-order valence-electron chi connectivity index (χ3n) is 2.66. The lowest BCUT2D eigenvalue weighted by atomic mass is 10.1. The monoisotopic (exact) mass is 282 g/mol. The molecule has 0 saturated carbocycles. The van der Waals surface area contributed by atoms with E-state index >= 15 is 0 Å². The molecule has 6 nitrogen and oxygen atoms in total. The quantitative estimate of drug-likeness (QED) is 0.894. The van der Waals surface area contributed by atoms with Gasteiger partial charge in [-0.1, -0.05) is 0 Å². The third-order valence-corrected chi connectivity index (χ3v) is 2.66. The van der Waals surface area contributed by atoms with Gasteiger partial charge in [0.1, 0.15) is 11.6 Å². The Kier molecular flexibility index (Phi) is 3.23. The van der Waals surface area contributed by atoms with Crippen LogP contribution < -0.4 is 0 Å². The zero-order chi connectivity index (χ0) is 15.0. The van der Waals surface area contributed by atoms with Crippen molar-refractivity contribution in [1.82, 2.24) is 9.78 Å². The Hall–Kier alpha value is -2.77. The van der Waals surface area contributed by atoms with Crippen LogP contribution in [0.5, 0.6) is 0 Å². The largest absolute Gasteiger partial charge is 0.478 e. The van der Waals surface area contributed by atoms with Gasteiger partial charge in [0.05, 0.1) is 11.3 Å². The summed E-state index contributed by atoms with van der Waals surface area (Å²) < 4.78 is 28.1. The van der Waals surface area contributed by atoms with Crippen LogP contribution in [0.3, 0.4) is 0 Å². The number of aryl methyl sites for hydroxylation is 1. The standard InChI is InChI=1S/C12H8F2N2O4/c1-16-10(4-9(15-16)12(19)20)5-2-6(11(17)18)8(14)3-7(5)13/h2-4H,1H3,(H,17,18)(H,19,20). The summed E-state index contributed by atoms with van der Waals surface area (Å²) in [5.41, 5.74) is -1.25. The van der Waals surface area contributed by atoms with Gasteiger partial charge in [-0.2, -0.15) is 5.10 Å². The van der Waals surface area contributed by atoms with Gasteiger partial charge >= 0.3 is 11.9 Å². The minimum Gasteiger partial charge on any atom is -0.478 e. The Bertz CT molecular complexity index is 724. The molecule has 0 spiro atoms. The minimum absolute atomic E-state index is 0.0300. The van der Waals surface area contributed by atoms with Gasteiger partial charge in [0.25, 0.3) is 0 Å². The fourth-order valence-electron chi connectivity index (χ4n) is 1.73. The fourth-order valence-corrected chi connectivity index (χ4v) is 1.73. The number of hydrogen-bond donors (Lipinski definition) is 2. The maximum atomic E-state index is 13.7. The number of carboxylic acids is 2. The van der Waals surface area contributed by atoms with Gasteiger partial charge < -0.3 is 10.2 Å². The summed E-state index contributed by atoms with van der Waals surface area (Å²) in [6, 6.07) is 2.31. The first kappa shape index (κ1) is 13.7. The number of carbonyl (C=O) groups is 2. The molecule has 20 heavy (non-hydrogen) atoms. The SMILES string of the molecule is Cn1nc(C(=O)O)cc1-c1cc(C(=O)O)c(F)cc1F. The zero-order valence-corrected chi connectivity index (χ0v) is 10.1. The van der Waals surface area contributed by atoms with E-state index in [0.717, 1.165) is 16.8 Å². The second-order valence-corrected chi connectivity index (χ2v) is 3.96. The Labute approximate surface area is 110 Å². The molecule has 8 heteroatoms. The van der Waals surface area contributed by atoms with Crippen molar-refractivity contribution >= 4 is 11.9 Å². The van der Waals surface area contributed by atoms with E-state index in [9.17, 15) is 18.4 Å². The van der Waals surface area contributed by atoms with Crippen LogP contribution in [0.2, 0.25) is 0 Å². The molecule has 0 aliphatic heterocycles. The van der Waals surface area contributed by atoms with Crippen LogP contribution in [0.1, 0.15) is 20.8 Å². The fraction of sp³-hybridized carbons (Fsp3) is 0.0833. The van der Waals surface area contributed by atoms with Gasteiger partial charge in [0.2, 0.25) is 0 Å². The van der Waals surface area contributed by atoms with Crippen molar-refractivity contribution < 1.29 is 28.6 Å². The topological polar surface area (TPSA) is 92.4 Å². The highest BCUT2D eigenvalue weighted by Crippen LogP contribution is 2.26. The molecule has 0 amide bonds. The Morgan fingerprint density at radius 1 is 1.10 bits per heavy atom. The predicted molar refractivity (Wildman–Crippen MR) is 62.5 cm³/mol. The lowest BCUT2D eigenvalue weighted by Crippen LogP contribution is -2.04. The molecule has 0 bridgehead atoms. The minimum atomic E-state index is -1.55. The van der Waals surface area contributed by atoms with Gasteiger partial charge in [-0.25, -0.2) is 18.4 Å². The Morgan fingerprint density at radius 2 is 1.75 bits per heavy atom. The molecular formula is C12H8F2N2O4. The lowest BCUT2D eigenvalue weighted by molar-refractivity contribution is 0.0679. The molecule has 0 unspecified atom stereocenters. The predicted octanol–water partition coefficient (Wildman–Crippen LogP) is 1.76. The van der Waals surface area contributed by atoms with E-state index in [1.165, 1.54) is 7.05 Å². The van der Waals surface area contributed by atoms with Crippen LogP contribution in [0.4, 0.5) is 8.78 Å². The molecule has 0 aliphatic carbocycles. The van der Waals surface area contributed by atoms with Gasteiger partial charge in [0.15, 0.2) is 5.69 Å². The molecule has 0 aliphatic rings. The second-order valence-electron chi connectivity index (χ2n) is 3.96. The summed E-state index contributed by atoms with van der Waals surface area (Å²) in [6.45, 7) is 0. The van der Waals surface area contributed by atoms with Gasteiger partial charge in [0, 0.05) is 18.7 Å². The number of aromatic nitrogens is 2. The smallest absolute Gasteiger partial charge is 0.356 e. The summed E-state index contributed by atoms with van der Waals surface area (Å²) in [5.74, 6) is -5.08. The summed E-state index contributed by atoms with van der Waals surface area (Å²) in [4.78, 5) is 21.6. The first-order valence-electron chi connectivity index (χ1n) is 5.31. The highest BCUT2D eigenvalue weighted by atomic mass is 19.1. The average molecular weight is 282 g/mol. The number of benzene rings is 1. The van der Waals surface area contributed by atoms with E-state index in [2.05, 4.69) is 5.10 Å². The van der Waals surface area contributed by atoms with Crippen LogP contribution in [0.25, 0.3) is 11.3 Å². The molecule has 2 aromatic rings. The van der Waals surface area contributed by atoms with Crippen molar-refractivity contribution in [3.63, 3.8) is 0 Å². The number of halogens is 2. The summed E-state index contributed by atoms with van der Waals surface area (Å²) >= 11 is 0. The van der Waals surface area contributed by atoms with E-state index in [-0.39, 0.29) is 17.0 Å². The van der Waals surface area contributed by atoms with E-state index in [4.69, 9.17) is 10.2 Å². The molecular weight excluding hydrogens is 274 g/mol. The second kappa shape index (κ2) is 4.72. The number of aromatic carboxylic acids is 2. The molecule has 0 radical (unpaired) electrons. The van der Waals surface area contributed by atoms with E-state index in [1.54, 1.807) is 0 Å². The Balaban J connectivity index is 2.66. The average Bonchev–Trinajstić information content (AvgIpc) is 2.71. The van der Waals surface area contributed by atoms with Crippen molar-refractivity contribution in [1.29, 1.82) is 0 Å². The van der Waals surface area contributed by atoms with Crippen molar-refractivity contribution in [2.24, 2.45) is 7.05 Å². The summed E-state index contributed by atoms with van der Waals surface area (Å²) in [7, 11) is 1.37. The van der Waals surface area contributed by atoms with Crippen LogP contribution in [0, 0.1) is 11.6 Å². The highest BCUT2D eigenvalue weighted by molar-refractivity contribution is 5.90. The van der Waals surface area contributed by atoms with Crippen molar-refractivity contribution in [2.45, 2.75) is 0 Å². The normalized spacial score (nSPS) is 10.6. The van der Waals surface area contributed by atoms with Crippen molar-refractivity contribution in [3.05, 3.63) is 41.1 Å². The van der Waals surface area contributed by atoms with E-state index < -0.39 is 29.1 Å². The van der Waals surface area contributed by atoms with Gasteiger partial charge in [-0.15, -0.1) is 0 Å². The molecule has 1 heterocycles. The number of carboxylic acid groups (broad SMARTS) is 2. The van der Waals surface area contributed by atoms with E-state index in [0.29, 0.717) is 6.07 Å². The van der Waals surface area contributed by atoms with Crippen LogP contribution in [0.15, 0.2) is 18.2 Å². The first-order chi connectivity index (χ1) is 9.31. The zero-order valence-electron chi connectivity index (χ0n) is 10.1. The summed E-state index contributed by atoms with van der Waals surface area (Å²) in [6.07, 6.45) is 0. The van der Waals surface area contributed by atoms with Crippen LogP contribution in [-0.4, -0.2) is 31.9 Å². The van der Waals surface area contributed by atoms with Gasteiger partial charge in [-0.3, -0.25) is 4.68 Å². The number of rotatable bonds is 3. The molecule has 0 fully saturated rings. The van der Waals surface area contributed by atoms with E-state index in [1.807, 2.05) is 0 Å². The number of nitrogens with zero attached hydrogens (tertiary/aromatic N) is 2. The molecule has 2 rings (SSSR count). The summed E-state index contributed by atoms with van der Waals surface area (Å²) in [5, 5.41) is 21.2. The maximum absolute atomic E-state index is 13.7. The van der Waals surface area contributed by atoms with Crippen molar-refractivity contribution in [3.8, 4) is 11.3 Å². The molecule has 104 valence electrons. The first-order valence-corrected chi connectivity index (χ1v) is 5.31. The van der Waals surface area contributed by atoms with Crippen LogP contribution in [-0.2, 0) is 7.05 Å². The molecule has 0 atom stereocenters. The molecule has 1 aromatic carbocycles. The molecule has 2 N–H and O–H groups in total. The molecule has 1 aromatic heterocycles. The highest BCUT2D eigenvalue weighted by Gasteiger charge is 2.20. The number of hydrogen-bond acceptors (Lipinski definition) is 3. The third kappa shape index (κ3) is 2.22. The van der Waals surface area contributed by atoms with Crippen LogP contribution >= 0.6 is 0 Å². The lowest BCUT2D eigenvalue weighted by Gasteiger charge is -2.06. The Morgan fingerprint density at radius 3 is 2.25 bits per heavy atom.